The summed E-state index contributed by atoms with van der Waals surface area (Å²) in [6, 6.07) is 0. The van der Waals surface area contributed by atoms with Crippen LogP contribution < -0.4 is 0 Å². The van der Waals surface area contributed by atoms with Crippen LogP contribution in [0.2, 0.25) is 0 Å². The molecule has 1 amide bonds. The monoisotopic (exact) mass is 949 g/mol. The SMILES string of the molecule is CCCCCCCN(CCCCN(C)C)C(=O)OC(CCCCCCCCC(=O)OC(CCCCCC)CCCCCC)CCCCCCCCC(=O)OC(CCCCCC)CCCCCC. The average Bonchev–Trinajstić information content (AvgIpc) is 3.31. The van der Waals surface area contributed by atoms with Crippen molar-refractivity contribution < 1.29 is 28.6 Å². The van der Waals surface area contributed by atoms with E-state index in [1.165, 1.54) is 103 Å². The molecule has 0 bridgehead atoms. The van der Waals surface area contributed by atoms with Gasteiger partial charge in [-0.25, -0.2) is 4.79 Å². The highest BCUT2D eigenvalue weighted by molar-refractivity contribution is 5.70. The minimum Gasteiger partial charge on any atom is -0.462 e. The highest BCUT2D eigenvalue weighted by Crippen LogP contribution is 2.22. The number of amides is 1. The Labute approximate surface area is 417 Å². The maximum absolute atomic E-state index is 13.8. The molecule has 0 heterocycles. The predicted molar refractivity (Wildman–Crippen MR) is 287 cm³/mol. The summed E-state index contributed by atoms with van der Waals surface area (Å²) < 4.78 is 18.4. The molecule has 0 rings (SSSR count). The van der Waals surface area contributed by atoms with Crippen LogP contribution in [0.5, 0.6) is 0 Å². The van der Waals surface area contributed by atoms with E-state index in [9.17, 15) is 14.4 Å². The van der Waals surface area contributed by atoms with Crippen LogP contribution in [0, 0.1) is 0 Å². The van der Waals surface area contributed by atoms with Crippen LogP contribution in [0.4, 0.5) is 4.79 Å². The molecule has 0 fully saturated rings. The maximum atomic E-state index is 13.8. The number of hydrogen-bond acceptors (Lipinski definition) is 7. The number of unbranched alkanes of at least 4 members (excludes halogenated alkanes) is 27. The third-order valence-electron chi connectivity index (χ3n) is 13.8. The zero-order valence-corrected chi connectivity index (χ0v) is 46.1. The number of hydrogen-bond donors (Lipinski definition) is 0. The van der Waals surface area contributed by atoms with Gasteiger partial charge in [0.25, 0.3) is 0 Å². The molecule has 0 aliphatic carbocycles. The highest BCUT2D eigenvalue weighted by atomic mass is 16.6. The molecule has 0 saturated heterocycles. The van der Waals surface area contributed by atoms with Crippen LogP contribution in [0.15, 0.2) is 0 Å². The van der Waals surface area contributed by atoms with Crippen molar-refractivity contribution in [3.63, 3.8) is 0 Å². The van der Waals surface area contributed by atoms with Gasteiger partial charge >= 0.3 is 18.0 Å². The second kappa shape index (κ2) is 50.6. The third-order valence-corrected chi connectivity index (χ3v) is 13.8. The molecule has 0 aromatic heterocycles. The van der Waals surface area contributed by atoms with Gasteiger partial charge in [0.05, 0.1) is 0 Å². The van der Waals surface area contributed by atoms with E-state index >= 15 is 0 Å². The fourth-order valence-electron chi connectivity index (χ4n) is 9.32. The molecule has 0 spiro atoms. The number of carbonyl (C=O) groups is 3. The predicted octanol–water partition coefficient (Wildman–Crippen LogP) is 18.1. The molecule has 0 radical (unpaired) electrons. The van der Waals surface area contributed by atoms with E-state index in [0.29, 0.717) is 12.8 Å². The van der Waals surface area contributed by atoms with Crippen molar-refractivity contribution in [2.45, 2.75) is 329 Å². The zero-order valence-electron chi connectivity index (χ0n) is 46.1. The van der Waals surface area contributed by atoms with Crippen LogP contribution in [-0.2, 0) is 23.8 Å². The summed E-state index contributed by atoms with van der Waals surface area (Å²) in [5, 5.41) is 0. The standard InChI is InChI=1S/C59H116N2O6/c1-8-13-18-31-40-52-61(53-42-41-51-60(6)7)59(64)67-56(47-36-27-23-25-29-38-49-57(62)65-54(43-32-19-14-9-2)44-33-20-15-10-3)48-37-28-24-26-30-39-50-58(63)66-55(45-34-21-16-11-4)46-35-22-17-12-5/h54-56H,8-53H2,1-7H3. The first-order chi connectivity index (χ1) is 32.7. The first-order valence-corrected chi connectivity index (χ1v) is 29.7. The van der Waals surface area contributed by atoms with Crippen molar-refractivity contribution in [3.05, 3.63) is 0 Å². The van der Waals surface area contributed by atoms with Crippen molar-refractivity contribution in [2.24, 2.45) is 0 Å². The lowest BCUT2D eigenvalue weighted by molar-refractivity contribution is -0.151. The van der Waals surface area contributed by atoms with E-state index in [1.54, 1.807) is 0 Å². The van der Waals surface area contributed by atoms with Gasteiger partial charge in [0.2, 0.25) is 0 Å². The summed E-state index contributed by atoms with van der Waals surface area (Å²) >= 11 is 0. The Morgan fingerprint density at radius 2 is 0.567 bits per heavy atom. The van der Waals surface area contributed by atoms with Gasteiger partial charge in [0.15, 0.2) is 0 Å². The summed E-state index contributed by atoms with van der Waals surface area (Å²) in [6.07, 6.45) is 47.4. The lowest BCUT2D eigenvalue weighted by Crippen LogP contribution is -2.36. The molecule has 8 nitrogen and oxygen atoms in total. The molecule has 0 N–H and O–H groups in total. The normalized spacial score (nSPS) is 11.7. The molecule has 8 heteroatoms. The van der Waals surface area contributed by atoms with E-state index in [1.807, 2.05) is 4.90 Å². The lowest BCUT2D eigenvalue weighted by Gasteiger charge is -2.26. The van der Waals surface area contributed by atoms with Gasteiger partial charge in [-0.1, -0.05) is 189 Å². The Morgan fingerprint density at radius 1 is 0.313 bits per heavy atom. The first kappa shape index (κ1) is 65.2. The molecule has 0 aromatic carbocycles. The summed E-state index contributed by atoms with van der Waals surface area (Å²) in [5.74, 6) is -0.00307. The molecular formula is C59H116N2O6. The van der Waals surface area contributed by atoms with Crippen molar-refractivity contribution in [1.29, 1.82) is 0 Å². The molecular weight excluding hydrogens is 833 g/mol. The Bertz CT molecular complexity index is 988. The summed E-state index contributed by atoms with van der Waals surface area (Å²) in [4.78, 5) is 43.6. The van der Waals surface area contributed by atoms with Crippen LogP contribution in [0.25, 0.3) is 0 Å². The van der Waals surface area contributed by atoms with Crippen molar-refractivity contribution in [2.75, 3.05) is 33.7 Å². The number of nitrogens with zero attached hydrogens (tertiary/aromatic N) is 2. The molecule has 67 heavy (non-hydrogen) atoms. The Morgan fingerprint density at radius 3 is 0.910 bits per heavy atom. The zero-order chi connectivity index (χ0) is 49.3. The molecule has 0 aliphatic heterocycles. The molecule has 0 aliphatic rings. The van der Waals surface area contributed by atoms with Gasteiger partial charge in [0, 0.05) is 25.9 Å². The maximum Gasteiger partial charge on any atom is 0.410 e. The number of ether oxygens (including phenoxy) is 3. The lowest BCUT2D eigenvalue weighted by atomic mass is 10.0. The number of esters is 2. The Hall–Kier alpha value is -1.83. The first-order valence-electron chi connectivity index (χ1n) is 29.7. The van der Waals surface area contributed by atoms with E-state index < -0.39 is 0 Å². The number of rotatable bonds is 52. The van der Waals surface area contributed by atoms with Crippen molar-refractivity contribution >= 4 is 18.0 Å². The quantitative estimate of drug-likeness (QED) is 0.0341. The molecule has 398 valence electrons. The molecule has 0 aromatic rings. The number of carbonyl (C=O) groups excluding carboxylic acids is 3. The summed E-state index contributed by atoms with van der Waals surface area (Å²) in [5.41, 5.74) is 0. The summed E-state index contributed by atoms with van der Waals surface area (Å²) in [6.45, 7) is 13.8. The van der Waals surface area contributed by atoms with Gasteiger partial charge in [-0.15, -0.1) is 0 Å². The van der Waals surface area contributed by atoms with Crippen LogP contribution in [0.3, 0.4) is 0 Å². The molecule has 0 atom stereocenters. The Balaban J connectivity index is 5.03. The Kier molecular flexibility index (Phi) is 49.2. The van der Waals surface area contributed by atoms with Gasteiger partial charge in [0.1, 0.15) is 18.3 Å². The van der Waals surface area contributed by atoms with E-state index in [0.717, 1.165) is 180 Å². The minimum absolute atomic E-state index is 0.00154. The smallest absolute Gasteiger partial charge is 0.410 e. The van der Waals surface area contributed by atoms with Gasteiger partial charge in [-0.2, -0.15) is 0 Å². The average molecular weight is 950 g/mol. The minimum atomic E-state index is -0.113. The van der Waals surface area contributed by atoms with Gasteiger partial charge < -0.3 is 24.0 Å². The van der Waals surface area contributed by atoms with E-state index in [2.05, 4.69) is 53.6 Å². The fourth-order valence-corrected chi connectivity index (χ4v) is 9.32. The van der Waals surface area contributed by atoms with Gasteiger partial charge in [-0.3, -0.25) is 9.59 Å². The second-order valence-electron chi connectivity index (χ2n) is 20.9. The largest absolute Gasteiger partial charge is 0.462 e. The van der Waals surface area contributed by atoms with Crippen LogP contribution >= 0.6 is 0 Å². The van der Waals surface area contributed by atoms with Crippen LogP contribution in [0.1, 0.15) is 311 Å². The molecule has 0 saturated carbocycles. The molecule has 0 unspecified atom stereocenters. The van der Waals surface area contributed by atoms with Crippen molar-refractivity contribution in [3.8, 4) is 0 Å². The fraction of sp³-hybridized carbons (Fsp3) is 0.949. The van der Waals surface area contributed by atoms with E-state index in [-0.39, 0.29) is 36.3 Å². The topological polar surface area (TPSA) is 85.4 Å². The van der Waals surface area contributed by atoms with E-state index in [4.69, 9.17) is 14.2 Å². The second-order valence-corrected chi connectivity index (χ2v) is 20.9. The van der Waals surface area contributed by atoms with Crippen LogP contribution in [-0.4, -0.2) is 79.9 Å². The highest BCUT2D eigenvalue weighted by Gasteiger charge is 2.21. The van der Waals surface area contributed by atoms with Crippen molar-refractivity contribution in [1.82, 2.24) is 9.80 Å². The summed E-state index contributed by atoms with van der Waals surface area (Å²) in [7, 11) is 4.23. The third kappa shape index (κ3) is 45.1. The van der Waals surface area contributed by atoms with Gasteiger partial charge in [-0.05, 0) is 130 Å².